The molecule has 2 aromatic heterocycles. The van der Waals surface area contributed by atoms with Crippen LogP contribution in [0.25, 0.3) is 10.2 Å². The SMILES string of the molecule is COc1ccc(C(=O)COC(=O)Cn2cnc3sc(C)c(C)c3c2=O)cc1F. The number of hydrogen-bond donors (Lipinski definition) is 0. The lowest BCUT2D eigenvalue weighted by Crippen LogP contribution is -2.26. The van der Waals surface area contributed by atoms with Gasteiger partial charge < -0.3 is 9.47 Å². The second kappa shape index (κ2) is 7.89. The first-order valence-electron chi connectivity index (χ1n) is 8.29. The van der Waals surface area contributed by atoms with Crippen molar-refractivity contribution in [3.05, 3.63) is 56.7 Å². The van der Waals surface area contributed by atoms with E-state index in [4.69, 9.17) is 9.47 Å². The molecule has 0 aliphatic carbocycles. The third-order valence-corrected chi connectivity index (χ3v) is 5.41. The number of esters is 1. The van der Waals surface area contributed by atoms with Gasteiger partial charge in [0.2, 0.25) is 0 Å². The monoisotopic (exact) mass is 404 g/mol. The van der Waals surface area contributed by atoms with Gasteiger partial charge in [0, 0.05) is 10.4 Å². The smallest absolute Gasteiger partial charge is 0.326 e. The van der Waals surface area contributed by atoms with Crippen molar-refractivity contribution in [3.8, 4) is 5.75 Å². The van der Waals surface area contributed by atoms with E-state index in [-0.39, 0.29) is 23.4 Å². The molecule has 1 aromatic carbocycles. The highest BCUT2D eigenvalue weighted by Gasteiger charge is 2.16. The molecular formula is C19H17FN2O5S. The molecule has 3 aromatic rings. The Labute approximate surface area is 163 Å². The summed E-state index contributed by atoms with van der Waals surface area (Å²) in [5.74, 6) is -2.02. The Morgan fingerprint density at radius 2 is 2.04 bits per heavy atom. The minimum atomic E-state index is -0.768. The van der Waals surface area contributed by atoms with E-state index in [0.717, 1.165) is 21.1 Å². The molecule has 146 valence electrons. The van der Waals surface area contributed by atoms with Crippen molar-refractivity contribution in [2.24, 2.45) is 0 Å². The number of hydrogen-bond acceptors (Lipinski definition) is 7. The van der Waals surface area contributed by atoms with Gasteiger partial charge in [-0.05, 0) is 37.6 Å². The van der Waals surface area contributed by atoms with Crippen molar-refractivity contribution in [2.75, 3.05) is 13.7 Å². The van der Waals surface area contributed by atoms with E-state index in [2.05, 4.69) is 4.98 Å². The van der Waals surface area contributed by atoms with Crippen LogP contribution < -0.4 is 10.3 Å². The van der Waals surface area contributed by atoms with Crippen molar-refractivity contribution in [1.82, 2.24) is 9.55 Å². The molecule has 7 nitrogen and oxygen atoms in total. The van der Waals surface area contributed by atoms with Crippen LogP contribution in [0.1, 0.15) is 20.8 Å². The lowest BCUT2D eigenvalue weighted by Gasteiger charge is -2.07. The summed E-state index contributed by atoms with van der Waals surface area (Å²) in [4.78, 5) is 42.5. The predicted octanol–water partition coefficient (Wildman–Crippen LogP) is 2.65. The predicted molar refractivity (Wildman–Crippen MR) is 102 cm³/mol. The molecule has 0 saturated carbocycles. The number of ether oxygens (including phenoxy) is 2. The highest BCUT2D eigenvalue weighted by atomic mass is 32.1. The van der Waals surface area contributed by atoms with Crippen LogP contribution in [0.3, 0.4) is 0 Å². The van der Waals surface area contributed by atoms with E-state index < -0.39 is 24.2 Å². The first kappa shape index (κ1) is 19.7. The zero-order valence-electron chi connectivity index (χ0n) is 15.4. The summed E-state index contributed by atoms with van der Waals surface area (Å²) < 4.78 is 24.5. The third kappa shape index (κ3) is 3.79. The average molecular weight is 404 g/mol. The zero-order chi connectivity index (χ0) is 20.4. The van der Waals surface area contributed by atoms with Gasteiger partial charge in [-0.25, -0.2) is 9.37 Å². The maximum atomic E-state index is 13.7. The fraction of sp³-hybridized carbons (Fsp3) is 0.263. The van der Waals surface area contributed by atoms with Gasteiger partial charge in [0.25, 0.3) is 5.56 Å². The lowest BCUT2D eigenvalue weighted by atomic mass is 10.1. The summed E-state index contributed by atoms with van der Waals surface area (Å²) in [6.45, 7) is 2.78. The van der Waals surface area contributed by atoms with E-state index >= 15 is 0 Å². The van der Waals surface area contributed by atoms with Gasteiger partial charge in [0.1, 0.15) is 11.4 Å². The molecule has 0 bridgehead atoms. The van der Waals surface area contributed by atoms with Crippen LogP contribution in [-0.4, -0.2) is 35.0 Å². The molecule has 0 radical (unpaired) electrons. The molecule has 0 saturated heterocycles. The number of halogens is 1. The Bertz CT molecular complexity index is 1140. The van der Waals surface area contributed by atoms with Crippen LogP contribution in [-0.2, 0) is 16.1 Å². The van der Waals surface area contributed by atoms with Crippen LogP contribution in [0, 0.1) is 19.7 Å². The lowest BCUT2D eigenvalue weighted by molar-refractivity contribution is -0.143. The Kier molecular flexibility index (Phi) is 5.55. The first-order valence-corrected chi connectivity index (χ1v) is 9.11. The number of aryl methyl sites for hydroxylation is 2. The van der Waals surface area contributed by atoms with Gasteiger partial charge in [-0.1, -0.05) is 0 Å². The Morgan fingerprint density at radius 1 is 1.29 bits per heavy atom. The highest BCUT2D eigenvalue weighted by Crippen LogP contribution is 2.25. The maximum absolute atomic E-state index is 13.7. The summed E-state index contributed by atoms with van der Waals surface area (Å²) in [7, 11) is 1.31. The van der Waals surface area contributed by atoms with Crippen LogP contribution in [0.15, 0.2) is 29.3 Å². The van der Waals surface area contributed by atoms with Crippen LogP contribution in [0.5, 0.6) is 5.75 Å². The number of thiophene rings is 1. The summed E-state index contributed by atoms with van der Waals surface area (Å²) in [6.07, 6.45) is 1.28. The second-order valence-corrected chi connectivity index (χ2v) is 7.28. The number of ketones is 1. The summed E-state index contributed by atoms with van der Waals surface area (Å²) in [6, 6.07) is 3.71. The number of carbonyl (C=O) groups is 2. The zero-order valence-corrected chi connectivity index (χ0v) is 16.3. The molecule has 0 fully saturated rings. The van der Waals surface area contributed by atoms with Crippen molar-refractivity contribution in [3.63, 3.8) is 0 Å². The van der Waals surface area contributed by atoms with Gasteiger partial charge in [0.05, 0.1) is 18.8 Å². The van der Waals surface area contributed by atoms with Gasteiger partial charge >= 0.3 is 5.97 Å². The minimum Gasteiger partial charge on any atom is -0.494 e. The standard InChI is InChI=1S/C19H17FN2O5S/c1-10-11(2)28-18-17(10)19(25)22(9-21-18)7-16(24)27-8-14(23)12-4-5-15(26-3)13(20)6-12/h4-6,9H,7-8H2,1-3H3. The largest absolute Gasteiger partial charge is 0.494 e. The number of rotatable bonds is 6. The molecule has 0 atom stereocenters. The Hall–Kier alpha value is -3.07. The molecule has 0 amide bonds. The number of carbonyl (C=O) groups excluding carboxylic acids is 2. The minimum absolute atomic E-state index is 0.00905. The molecule has 0 unspecified atom stereocenters. The van der Waals surface area contributed by atoms with E-state index in [9.17, 15) is 18.8 Å². The summed E-state index contributed by atoms with van der Waals surface area (Å²) in [5.41, 5.74) is 0.542. The van der Waals surface area contributed by atoms with Crippen molar-refractivity contribution >= 4 is 33.3 Å². The normalized spacial score (nSPS) is 10.9. The Balaban J connectivity index is 1.68. The molecule has 0 spiro atoms. The molecule has 3 rings (SSSR count). The number of fused-ring (bicyclic) bond motifs is 1. The molecule has 0 aliphatic heterocycles. The van der Waals surface area contributed by atoms with E-state index in [1.54, 1.807) is 0 Å². The van der Waals surface area contributed by atoms with E-state index in [1.165, 1.54) is 36.9 Å². The van der Waals surface area contributed by atoms with Crippen molar-refractivity contribution < 1.29 is 23.5 Å². The Morgan fingerprint density at radius 3 is 2.71 bits per heavy atom. The fourth-order valence-corrected chi connectivity index (χ4v) is 3.62. The number of benzene rings is 1. The van der Waals surface area contributed by atoms with E-state index in [0.29, 0.717) is 10.2 Å². The van der Waals surface area contributed by atoms with Crippen LogP contribution >= 0.6 is 11.3 Å². The molecule has 2 heterocycles. The molecule has 9 heteroatoms. The fourth-order valence-electron chi connectivity index (χ4n) is 2.64. The number of Topliss-reactive ketones (excluding diaryl/α,β-unsaturated/α-hetero) is 1. The number of methoxy groups -OCH3 is 1. The summed E-state index contributed by atoms with van der Waals surface area (Å²) in [5, 5.41) is 0.475. The number of aromatic nitrogens is 2. The van der Waals surface area contributed by atoms with Crippen LogP contribution in [0.2, 0.25) is 0 Å². The third-order valence-electron chi connectivity index (χ3n) is 4.29. The van der Waals surface area contributed by atoms with Crippen molar-refractivity contribution in [1.29, 1.82) is 0 Å². The van der Waals surface area contributed by atoms with Crippen LogP contribution in [0.4, 0.5) is 4.39 Å². The van der Waals surface area contributed by atoms with Gasteiger partial charge in [-0.3, -0.25) is 19.0 Å². The summed E-state index contributed by atoms with van der Waals surface area (Å²) >= 11 is 1.41. The first-order chi connectivity index (χ1) is 13.3. The molecular weight excluding hydrogens is 387 g/mol. The topological polar surface area (TPSA) is 87.5 Å². The van der Waals surface area contributed by atoms with Gasteiger partial charge in [0.15, 0.2) is 24.0 Å². The molecule has 28 heavy (non-hydrogen) atoms. The van der Waals surface area contributed by atoms with Gasteiger partial charge in [-0.15, -0.1) is 11.3 Å². The van der Waals surface area contributed by atoms with Crippen molar-refractivity contribution in [2.45, 2.75) is 20.4 Å². The number of nitrogens with zero attached hydrogens (tertiary/aromatic N) is 2. The van der Waals surface area contributed by atoms with Gasteiger partial charge in [-0.2, -0.15) is 0 Å². The molecule has 0 N–H and O–H groups in total. The molecule has 0 aliphatic rings. The quantitative estimate of drug-likeness (QED) is 0.464. The highest BCUT2D eigenvalue weighted by molar-refractivity contribution is 7.18. The van der Waals surface area contributed by atoms with E-state index in [1.807, 2.05) is 13.8 Å². The average Bonchev–Trinajstić information content (AvgIpc) is 2.96. The second-order valence-electron chi connectivity index (χ2n) is 6.07. The maximum Gasteiger partial charge on any atom is 0.326 e.